The van der Waals surface area contributed by atoms with Crippen molar-refractivity contribution in [3.05, 3.63) is 27.2 Å². The molecule has 0 bridgehead atoms. The van der Waals surface area contributed by atoms with Crippen molar-refractivity contribution in [3.8, 4) is 0 Å². The van der Waals surface area contributed by atoms with E-state index in [9.17, 15) is 14.7 Å². The van der Waals surface area contributed by atoms with Crippen molar-refractivity contribution in [3.63, 3.8) is 0 Å². The highest BCUT2D eigenvalue weighted by molar-refractivity contribution is 5.69. The number of hydrogen-bond donors (Lipinski definition) is 1. The number of aryl methyl sites for hydroxylation is 1. The maximum Gasteiger partial charge on any atom is 0.332 e. The summed E-state index contributed by atoms with van der Waals surface area (Å²) < 4.78 is 4.08. The molecule has 0 aliphatic heterocycles. The second-order valence-corrected chi connectivity index (χ2v) is 6.94. The van der Waals surface area contributed by atoms with Gasteiger partial charge in [0.25, 0.3) is 5.56 Å². The number of aromatic nitrogens is 4. The Morgan fingerprint density at radius 1 is 1.12 bits per heavy atom. The van der Waals surface area contributed by atoms with Crippen LogP contribution in [-0.4, -0.2) is 54.4 Å². The van der Waals surface area contributed by atoms with Gasteiger partial charge in [-0.05, 0) is 25.9 Å². The van der Waals surface area contributed by atoms with Gasteiger partial charge in [-0.25, -0.2) is 9.78 Å². The summed E-state index contributed by atoms with van der Waals surface area (Å²) in [5, 5.41) is 10.6. The molecule has 0 aliphatic carbocycles. The molecule has 26 heavy (non-hydrogen) atoms. The first kappa shape index (κ1) is 20.4. The highest BCUT2D eigenvalue weighted by Crippen LogP contribution is 2.08. The van der Waals surface area contributed by atoms with Crippen LogP contribution in [0.15, 0.2) is 15.9 Å². The second kappa shape index (κ2) is 9.14. The van der Waals surface area contributed by atoms with E-state index < -0.39 is 11.8 Å². The third-order valence-electron chi connectivity index (χ3n) is 4.75. The van der Waals surface area contributed by atoms with Gasteiger partial charge in [-0.15, -0.1) is 0 Å². The topological polar surface area (TPSA) is 85.3 Å². The number of imidazole rings is 1. The lowest BCUT2D eigenvalue weighted by atomic mass is 10.2. The first-order valence-electron chi connectivity index (χ1n) is 9.41. The van der Waals surface area contributed by atoms with Crippen LogP contribution in [-0.2, 0) is 20.6 Å². The second-order valence-electron chi connectivity index (χ2n) is 6.94. The van der Waals surface area contributed by atoms with Crippen molar-refractivity contribution in [1.82, 2.24) is 23.6 Å². The Morgan fingerprint density at radius 2 is 1.73 bits per heavy atom. The van der Waals surface area contributed by atoms with E-state index in [4.69, 9.17) is 0 Å². The summed E-state index contributed by atoms with van der Waals surface area (Å²) >= 11 is 0. The fourth-order valence-corrected chi connectivity index (χ4v) is 3.18. The van der Waals surface area contributed by atoms with Crippen molar-refractivity contribution < 1.29 is 5.11 Å². The van der Waals surface area contributed by atoms with Gasteiger partial charge in [-0.3, -0.25) is 13.9 Å². The van der Waals surface area contributed by atoms with E-state index in [0.29, 0.717) is 17.7 Å². The first-order chi connectivity index (χ1) is 12.4. The van der Waals surface area contributed by atoms with Gasteiger partial charge in [0, 0.05) is 20.6 Å². The summed E-state index contributed by atoms with van der Waals surface area (Å²) in [6.45, 7) is 7.09. The number of nitrogens with zero attached hydrogens (tertiary/aromatic N) is 5. The summed E-state index contributed by atoms with van der Waals surface area (Å²) in [4.78, 5) is 31.0. The van der Waals surface area contributed by atoms with E-state index >= 15 is 0 Å². The maximum atomic E-state index is 12.5. The molecular weight excluding hydrogens is 334 g/mol. The fourth-order valence-electron chi connectivity index (χ4n) is 3.18. The molecule has 2 aromatic heterocycles. The zero-order valence-corrected chi connectivity index (χ0v) is 16.3. The van der Waals surface area contributed by atoms with Crippen LogP contribution in [0, 0.1) is 0 Å². The lowest BCUT2D eigenvalue weighted by Gasteiger charge is -2.25. The maximum absolute atomic E-state index is 12.5. The van der Waals surface area contributed by atoms with Crippen molar-refractivity contribution in [1.29, 1.82) is 0 Å². The molecule has 1 N–H and O–H groups in total. The summed E-state index contributed by atoms with van der Waals surface area (Å²) in [5.74, 6) is 0. The largest absolute Gasteiger partial charge is 0.390 e. The van der Waals surface area contributed by atoms with E-state index in [1.54, 1.807) is 11.6 Å². The lowest BCUT2D eigenvalue weighted by Crippen LogP contribution is -2.39. The fraction of sp³-hybridized carbons (Fsp3) is 0.722. The van der Waals surface area contributed by atoms with Gasteiger partial charge in [-0.2, -0.15) is 0 Å². The zero-order chi connectivity index (χ0) is 19.3. The molecule has 2 aromatic rings. The Balaban J connectivity index is 2.19. The summed E-state index contributed by atoms with van der Waals surface area (Å²) in [7, 11) is 3.05. The molecule has 0 radical (unpaired) electrons. The molecule has 1 atom stereocenters. The predicted molar refractivity (Wildman–Crippen MR) is 102 cm³/mol. The van der Waals surface area contributed by atoms with Gasteiger partial charge in [0.1, 0.15) is 0 Å². The van der Waals surface area contributed by atoms with E-state index in [1.807, 2.05) is 0 Å². The molecule has 0 amide bonds. The third kappa shape index (κ3) is 4.42. The number of aliphatic hydroxyl groups excluding tert-OH is 1. The van der Waals surface area contributed by atoms with Crippen LogP contribution in [0.25, 0.3) is 11.2 Å². The lowest BCUT2D eigenvalue weighted by molar-refractivity contribution is 0.0971. The number of unbranched alkanes of at least 4 members (excludes halogenated alkanes) is 2. The average molecular weight is 365 g/mol. The summed E-state index contributed by atoms with van der Waals surface area (Å²) in [6.07, 6.45) is 5.37. The number of rotatable bonds is 10. The molecule has 2 heterocycles. The predicted octanol–water partition coefficient (Wildman–Crippen LogP) is 0.697. The Kier molecular flexibility index (Phi) is 7.16. The van der Waals surface area contributed by atoms with Crippen molar-refractivity contribution in [2.45, 2.75) is 52.2 Å². The molecule has 0 aliphatic rings. The molecule has 0 fully saturated rings. The molecule has 8 nitrogen and oxygen atoms in total. The smallest absolute Gasteiger partial charge is 0.332 e. The zero-order valence-electron chi connectivity index (χ0n) is 16.3. The summed E-state index contributed by atoms with van der Waals surface area (Å²) in [5.41, 5.74) is -0.0957. The standard InChI is InChI=1S/C18H31N5O3/c1-5-7-9-22(10-8-6-2)11-14(24)12-23-13-19-16-15(23)17(25)21(4)18(26)20(16)3/h13-14,24H,5-12H2,1-4H3. The van der Waals surface area contributed by atoms with Crippen LogP contribution < -0.4 is 11.2 Å². The van der Waals surface area contributed by atoms with Gasteiger partial charge < -0.3 is 14.6 Å². The molecule has 0 spiro atoms. The minimum atomic E-state index is -0.608. The van der Waals surface area contributed by atoms with Gasteiger partial charge in [0.05, 0.1) is 19.0 Å². The van der Waals surface area contributed by atoms with Crippen LogP contribution in [0.1, 0.15) is 39.5 Å². The first-order valence-corrected chi connectivity index (χ1v) is 9.41. The molecule has 1 unspecified atom stereocenters. The molecule has 146 valence electrons. The van der Waals surface area contributed by atoms with Gasteiger partial charge in [-0.1, -0.05) is 26.7 Å². The molecule has 0 saturated heterocycles. The normalized spacial score (nSPS) is 13.0. The van der Waals surface area contributed by atoms with Crippen molar-refractivity contribution in [2.24, 2.45) is 14.1 Å². The number of hydrogen-bond acceptors (Lipinski definition) is 5. The quantitative estimate of drug-likeness (QED) is 0.670. The van der Waals surface area contributed by atoms with Gasteiger partial charge in [0.15, 0.2) is 11.2 Å². The van der Waals surface area contributed by atoms with Crippen molar-refractivity contribution >= 4 is 11.2 Å². The summed E-state index contributed by atoms with van der Waals surface area (Å²) in [6, 6.07) is 0. The molecular formula is C18H31N5O3. The van der Waals surface area contributed by atoms with E-state index in [2.05, 4.69) is 23.7 Å². The SMILES string of the molecule is CCCCN(CCCC)CC(O)Cn1cnc2c1c(=O)n(C)c(=O)n2C. The average Bonchev–Trinajstić information content (AvgIpc) is 3.03. The number of fused-ring (bicyclic) bond motifs is 1. The van der Waals surface area contributed by atoms with E-state index in [-0.39, 0.29) is 12.1 Å². The van der Waals surface area contributed by atoms with Crippen LogP contribution >= 0.6 is 0 Å². The Morgan fingerprint density at radius 3 is 2.31 bits per heavy atom. The molecule has 0 saturated carbocycles. The Bertz CT molecular complexity index is 828. The monoisotopic (exact) mass is 365 g/mol. The van der Waals surface area contributed by atoms with Crippen LogP contribution in [0.5, 0.6) is 0 Å². The van der Waals surface area contributed by atoms with E-state index in [1.165, 1.54) is 17.9 Å². The highest BCUT2D eigenvalue weighted by Gasteiger charge is 2.17. The number of aliphatic hydroxyl groups is 1. The Hall–Kier alpha value is -1.93. The Labute approximate surface area is 153 Å². The third-order valence-corrected chi connectivity index (χ3v) is 4.75. The van der Waals surface area contributed by atoms with Crippen molar-refractivity contribution in [2.75, 3.05) is 19.6 Å². The van der Waals surface area contributed by atoms with E-state index in [0.717, 1.165) is 43.3 Å². The molecule has 8 heteroatoms. The van der Waals surface area contributed by atoms with Gasteiger partial charge >= 0.3 is 5.69 Å². The molecule has 0 aromatic carbocycles. The minimum Gasteiger partial charge on any atom is -0.390 e. The highest BCUT2D eigenvalue weighted by atomic mass is 16.3. The molecule has 2 rings (SSSR count). The van der Waals surface area contributed by atoms with Crippen LogP contribution in [0.4, 0.5) is 0 Å². The van der Waals surface area contributed by atoms with Gasteiger partial charge in [0.2, 0.25) is 0 Å². The van der Waals surface area contributed by atoms with Crippen LogP contribution in [0.2, 0.25) is 0 Å². The minimum absolute atomic E-state index is 0.276. The van der Waals surface area contributed by atoms with Crippen LogP contribution in [0.3, 0.4) is 0 Å².